The molecule has 1 aromatic heterocycles. The van der Waals surface area contributed by atoms with Crippen molar-refractivity contribution < 1.29 is 23.8 Å². The van der Waals surface area contributed by atoms with Crippen LogP contribution in [0.3, 0.4) is 0 Å². The van der Waals surface area contributed by atoms with Gasteiger partial charge in [0.25, 0.3) is 0 Å². The summed E-state index contributed by atoms with van der Waals surface area (Å²) in [5, 5.41) is 9.94. The number of fused-ring (bicyclic) bond motifs is 2. The normalized spacial score (nSPS) is 11.2. The van der Waals surface area contributed by atoms with Gasteiger partial charge >= 0.3 is 5.97 Å². The summed E-state index contributed by atoms with van der Waals surface area (Å²) < 4.78 is 18.0. The molecule has 0 spiro atoms. The molecule has 1 N–H and O–H groups in total. The molecule has 0 aliphatic rings. The van der Waals surface area contributed by atoms with Gasteiger partial charge in [-0.15, -0.1) is 0 Å². The molecule has 0 fully saturated rings. The highest BCUT2D eigenvalue weighted by Crippen LogP contribution is 2.26. The summed E-state index contributed by atoms with van der Waals surface area (Å²) in [5.41, 5.74) is 4.12. The summed E-state index contributed by atoms with van der Waals surface area (Å²) in [6.45, 7) is 1.38. The molecule has 0 aliphatic carbocycles. The third-order valence-electron chi connectivity index (χ3n) is 5.90. The molecule has 0 amide bonds. The molecule has 0 bridgehead atoms. The minimum absolute atomic E-state index is 0.0305. The van der Waals surface area contributed by atoms with Crippen molar-refractivity contribution in [2.45, 2.75) is 26.4 Å². The Morgan fingerprint density at radius 2 is 1.31 bits per heavy atom. The molecule has 0 radical (unpaired) electrons. The Morgan fingerprint density at radius 3 is 1.94 bits per heavy atom. The van der Waals surface area contributed by atoms with Crippen LogP contribution in [0.5, 0.6) is 0 Å². The Morgan fingerprint density at radius 1 is 0.694 bits per heavy atom. The first-order valence-corrected chi connectivity index (χ1v) is 11.6. The first-order chi connectivity index (χ1) is 17.6. The van der Waals surface area contributed by atoms with Gasteiger partial charge < -0.3 is 19.0 Å². The Bertz CT molecular complexity index is 1570. The second-order valence-electron chi connectivity index (χ2n) is 8.54. The fourth-order valence-electron chi connectivity index (χ4n) is 4.13. The van der Waals surface area contributed by atoms with Crippen molar-refractivity contribution in [3.8, 4) is 0 Å². The molecule has 180 valence electrons. The van der Waals surface area contributed by atoms with Gasteiger partial charge in [0.2, 0.25) is 5.43 Å². The monoisotopic (exact) mass is 480 g/mol. The predicted molar refractivity (Wildman–Crippen MR) is 137 cm³/mol. The van der Waals surface area contributed by atoms with Crippen LogP contribution in [0.4, 0.5) is 0 Å². The van der Waals surface area contributed by atoms with E-state index in [1.54, 1.807) is 6.07 Å². The van der Waals surface area contributed by atoms with Gasteiger partial charge in [-0.05, 0) is 47.0 Å². The van der Waals surface area contributed by atoms with Crippen molar-refractivity contribution in [1.29, 1.82) is 0 Å². The average Bonchev–Trinajstić information content (AvgIpc) is 2.90. The Kier molecular flexibility index (Phi) is 6.89. The number of ether oxygens (including phenoxy) is 2. The first kappa shape index (κ1) is 23.5. The van der Waals surface area contributed by atoms with Crippen molar-refractivity contribution in [2.75, 3.05) is 0 Å². The van der Waals surface area contributed by atoms with E-state index in [0.29, 0.717) is 36.4 Å². The van der Waals surface area contributed by atoms with Crippen molar-refractivity contribution >= 4 is 27.9 Å². The molecule has 36 heavy (non-hydrogen) atoms. The zero-order valence-electron chi connectivity index (χ0n) is 19.5. The predicted octanol–water partition coefficient (Wildman–Crippen LogP) is 6.08. The third kappa shape index (κ3) is 5.20. The topological polar surface area (TPSA) is 86.0 Å². The number of rotatable bonds is 9. The van der Waals surface area contributed by atoms with Gasteiger partial charge in [-0.1, -0.05) is 60.7 Å². The second kappa shape index (κ2) is 10.6. The lowest BCUT2D eigenvalue weighted by Crippen LogP contribution is -2.07. The summed E-state index contributed by atoms with van der Waals surface area (Å²) in [4.78, 5) is 24.9. The van der Waals surface area contributed by atoms with E-state index in [2.05, 4.69) is 0 Å². The van der Waals surface area contributed by atoms with Crippen LogP contribution >= 0.6 is 0 Å². The molecule has 6 nitrogen and oxygen atoms in total. The molecule has 0 unspecified atom stereocenters. The molecule has 6 heteroatoms. The van der Waals surface area contributed by atoms with Crippen molar-refractivity contribution in [3.63, 3.8) is 0 Å². The van der Waals surface area contributed by atoms with Gasteiger partial charge in [0.05, 0.1) is 42.8 Å². The van der Waals surface area contributed by atoms with E-state index in [9.17, 15) is 14.7 Å². The van der Waals surface area contributed by atoms with Gasteiger partial charge in [0.1, 0.15) is 11.2 Å². The third-order valence-corrected chi connectivity index (χ3v) is 5.90. The molecule has 4 aromatic carbocycles. The van der Waals surface area contributed by atoms with Crippen molar-refractivity contribution in [1.82, 2.24) is 0 Å². The van der Waals surface area contributed by atoms with Crippen LogP contribution in [-0.2, 0) is 35.9 Å². The SMILES string of the molecule is O=C(O)c1ccc2oc3c(COCc4ccccc4)cc(COCc4ccccc4)cc3c(=O)c2c1. The van der Waals surface area contributed by atoms with Gasteiger partial charge in [0, 0.05) is 5.56 Å². The highest BCUT2D eigenvalue weighted by Gasteiger charge is 2.15. The van der Waals surface area contributed by atoms with Gasteiger partial charge in [0.15, 0.2) is 0 Å². The molecule has 0 aliphatic heterocycles. The molecule has 0 atom stereocenters. The lowest BCUT2D eigenvalue weighted by Gasteiger charge is -2.12. The zero-order chi connectivity index (χ0) is 24.9. The number of carbonyl (C=O) groups is 1. The minimum atomic E-state index is -1.10. The molecule has 0 saturated carbocycles. The Hall–Kier alpha value is -4.26. The quantitative estimate of drug-likeness (QED) is 0.257. The van der Waals surface area contributed by atoms with Crippen LogP contribution in [0.25, 0.3) is 21.9 Å². The summed E-state index contributed by atoms with van der Waals surface area (Å²) in [5.74, 6) is -1.10. The molecule has 0 saturated heterocycles. The Balaban J connectivity index is 1.50. The van der Waals surface area contributed by atoms with E-state index in [-0.39, 0.29) is 23.0 Å². The molecule has 1 heterocycles. The molecular formula is C30H24O6. The maximum Gasteiger partial charge on any atom is 0.335 e. The van der Waals surface area contributed by atoms with Crippen molar-refractivity contribution in [2.24, 2.45) is 0 Å². The van der Waals surface area contributed by atoms with E-state index in [1.807, 2.05) is 66.7 Å². The smallest absolute Gasteiger partial charge is 0.335 e. The van der Waals surface area contributed by atoms with E-state index >= 15 is 0 Å². The number of hydrogen-bond acceptors (Lipinski definition) is 5. The lowest BCUT2D eigenvalue weighted by molar-refractivity contribution is 0.0697. The van der Waals surface area contributed by atoms with Crippen LogP contribution in [-0.4, -0.2) is 11.1 Å². The van der Waals surface area contributed by atoms with Crippen LogP contribution in [0.1, 0.15) is 32.6 Å². The average molecular weight is 481 g/mol. The largest absolute Gasteiger partial charge is 0.478 e. The number of carboxylic acid groups (broad SMARTS) is 1. The maximum atomic E-state index is 13.4. The minimum Gasteiger partial charge on any atom is -0.478 e. The van der Waals surface area contributed by atoms with Crippen LogP contribution in [0.15, 0.2) is 100 Å². The van der Waals surface area contributed by atoms with Crippen LogP contribution in [0, 0.1) is 0 Å². The van der Waals surface area contributed by atoms with Gasteiger partial charge in [-0.25, -0.2) is 4.79 Å². The summed E-state index contributed by atoms with van der Waals surface area (Å²) in [6.07, 6.45) is 0. The zero-order valence-corrected chi connectivity index (χ0v) is 19.5. The molecule has 5 rings (SSSR count). The fraction of sp³-hybridized carbons (Fsp3) is 0.133. The first-order valence-electron chi connectivity index (χ1n) is 11.6. The summed E-state index contributed by atoms with van der Waals surface area (Å²) >= 11 is 0. The summed E-state index contributed by atoms with van der Waals surface area (Å²) in [7, 11) is 0. The van der Waals surface area contributed by atoms with Crippen molar-refractivity contribution in [3.05, 3.63) is 129 Å². The fourth-order valence-corrected chi connectivity index (χ4v) is 4.13. The number of benzene rings is 4. The van der Waals surface area contributed by atoms with E-state index in [4.69, 9.17) is 13.9 Å². The maximum absolute atomic E-state index is 13.4. The number of aromatic carboxylic acids is 1. The summed E-state index contributed by atoms with van der Waals surface area (Å²) in [6, 6.07) is 27.7. The van der Waals surface area contributed by atoms with E-state index < -0.39 is 5.97 Å². The second-order valence-corrected chi connectivity index (χ2v) is 8.54. The van der Waals surface area contributed by atoms with Gasteiger partial charge in [-0.3, -0.25) is 4.79 Å². The molecule has 5 aromatic rings. The van der Waals surface area contributed by atoms with Crippen LogP contribution in [0.2, 0.25) is 0 Å². The number of carboxylic acids is 1. The van der Waals surface area contributed by atoms with E-state index in [0.717, 1.165) is 22.3 Å². The number of hydrogen-bond donors (Lipinski definition) is 1. The Labute approximate surface area is 207 Å². The van der Waals surface area contributed by atoms with Gasteiger partial charge in [-0.2, -0.15) is 0 Å². The van der Waals surface area contributed by atoms with E-state index in [1.165, 1.54) is 18.2 Å². The highest BCUT2D eigenvalue weighted by molar-refractivity contribution is 5.96. The highest BCUT2D eigenvalue weighted by atomic mass is 16.5. The van der Waals surface area contributed by atoms with Crippen LogP contribution < -0.4 is 5.43 Å². The molecular weight excluding hydrogens is 456 g/mol. The lowest BCUT2D eigenvalue weighted by atomic mass is 10.0. The standard InChI is InChI=1S/C30H24O6/c31-28-25-15-23(30(32)33)11-12-27(25)36-29-24(19-35-17-21-9-5-2-6-10-21)13-22(14-26(28)29)18-34-16-20-7-3-1-4-8-20/h1-15H,16-19H2,(H,32,33).